The summed E-state index contributed by atoms with van der Waals surface area (Å²) in [7, 11) is 1.55. The second kappa shape index (κ2) is 11.4. The van der Waals surface area contributed by atoms with Gasteiger partial charge in [-0.3, -0.25) is 9.59 Å². The predicted molar refractivity (Wildman–Crippen MR) is 143 cm³/mol. The minimum Gasteiger partial charge on any atom is -0.489 e. The van der Waals surface area contributed by atoms with E-state index in [4.69, 9.17) is 14.2 Å². The molecule has 2 N–H and O–H groups in total. The third kappa shape index (κ3) is 6.27. The summed E-state index contributed by atoms with van der Waals surface area (Å²) in [6.07, 6.45) is -0.232. The lowest BCUT2D eigenvalue weighted by Crippen LogP contribution is -2.48. The van der Waals surface area contributed by atoms with Gasteiger partial charge in [0.2, 0.25) is 0 Å². The highest BCUT2D eigenvalue weighted by Crippen LogP contribution is 2.44. The molecule has 2 aliphatic heterocycles. The normalized spacial score (nSPS) is 20.8. The van der Waals surface area contributed by atoms with Crippen LogP contribution in [0.1, 0.15) is 71.9 Å². The molecule has 0 saturated carbocycles. The molecule has 9 nitrogen and oxygen atoms in total. The number of morpholine rings is 1. The van der Waals surface area contributed by atoms with Crippen LogP contribution in [0.15, 0.2) is 42.5 Å². The minimum absolute atomic E-state index is 0.100. The van der Waals surface area contributed by atoms with E-state index in [9.17, 15) is 14.4 Å². The molecule has 2 aromatic carbocycles. The van der Waals surface area contributed by atoms with Crippen LogP contribution in [-0.4, -0.2) is 73.9 Å². The molecule has 204 valence electrons. The first-order chi connectivity index (χ1) is 18.1. The van der Waals surface area contributed by atoms with Crippen LogP contribution >= 0.6 is 0 Å². The zero-order valence-electron chi connectivity index (χ0n) is 22.7. The predicted octanol–water partition coefficient (Wildman–Crippen LogP) is 3.71. The Kier molecular flexibility index (Phi) is 8.26. The molecule has 2 heterocycles. The van der Waals surface area contributed by atoms with Crippen LogP contribution in [0.3, 0.4) is 0 Å². The maximum atomic E-state index is 13.2. The summed E-state index contributed by atoms with van der Waals surface area (Å²) >= 11 is 0. The third-order valence-electron chi connectivity index (χ3n) is 6.66. The number of benzene rings is 2. The molecule has 3 atom stereocenters. The second-order valence-electron chi connectivity index (χ2n) is 10.7. The Morgan fingerprint density at radius 3 is 2.53 bits per heavy atom. The van der Waals surface area contributed by atoms with Gasteiger partial charge in [-0.2, -0.15) is 0 Å². The number of carbonyl (C=O) groups excluding carboxylic acids is 3. The Balaban J connectivity index is 1.45. The molecule has 0 aliphatic carbocycles. The van der Waals surface area contributed by atoms with Crippen molar-refractivity contribution in [3.63, 3.8) is 0 Å². The van der Waals surface area contributed by atoms with E-state index in [1.807, 2.05) is 64.1 Å². The lowest BCUT2D eigenvalue weighted by molar-refractivity contribution is -0.0440. The smallest absolute Gasteiger partial charge is 0.410 e. The molecular formula is C29H37N3O6. The van der Waals surface area contributed by atoms with Gasteiger partial charge in [-0.05, 0) is 51.8 Å². The molecule has 0 aromatic heterocycles. The Labute approximate surface area is 223 Å². The van der Waals surface area contributed by atoms with Crippen LogP contribution in [0.5, 0.6) is 5.75 Å². The number of rotatable bonds is 6. The summed E-state index contributed by atoms with van der Waals surface area (Å²) in [5.74, 6) is -0.185. The molecule has 2 aliphatic rings. The summed E-state index contributed by atoms with van der Waals surface area (Å²) in [4.78, 5) is 40.0. The SMILES string of the molecule is CNC(=O)c1cc(C(=O)NCCC2CN(C(=O)OC(C)(C)C)CCO2)cc2c1O[C@H](C)[C@H]2c1ccccc1. The highest BCUT2D eigenvalue weighted by atomic mass is 16.6. The molecule has 1 unspecified atom stereocenters. The Bertz CT molecular complexity index is 1180. The molecule has 1 saturated heterocycles. The fraction of sp³-hybridized carbons (Fsp3) is 0.483. The monoisotopic (exact) mass is 523 g/mol. The number of hydrogen-bond donors (Lipinski definition) is 2. The van der Waals surface area contributed by atoms with Crippen molar-refractivity contribution in [1.29, 1.82) is 0 Å². The molecule has 9 heteroatoms. The number of hydrogen-bond acceptors (Lipinski definition) is 6. The fourth-order valence-corrected chi connectivity index (χ4v) is 4.90. The average molecular weight is 524 g/mol. The van der Waals surface area contributed by atoms with Crippen LogP contribution in [0.4, 0.5) is 4.79 Å². The molecule has 2 aromatic rings. The average Bonchev–Trinajstić information content (AvgIpc) is 3.22. The summed E-state index contributed by atoms with van der Waals surface area (Å²) < 4.78 is 17.4. The topological polar surface area (TPSA) is 106 Å². The van der Waals surface area contributed by atoms with Crippen LogP contribution in [-0.2, 0) is 9.47 Å². The zero-order chi connectivity index (χ0) is 27.4. The number of ether oxygens (including phenoxy) is 3. The molecule has 3 amide bonds. The van der Waals surface area contributed by atoms with E-state index in [1.165, 1.54) is 0 Å². The van der Waals surface area contributed by atoms with Gasteiger partial charge in [0.1, 0.15) is 17.5 Å². The van der Waals surface area contributed by atoms with Crippen LogP contribution in [0, 0.1) is 0 Å². The van der Waals surface area contributed by atoms with Crippen molar-refractivity contribution in [1.82, 2.24) is 15.5 Å². The first kappa shape index (κ1) is 27.4. The second-order valence-corrected chi connectivity index (χ2v) is 10.7. The highest BCUT2D eigenvalue weighted by molar-refractivity contribution is 6.02. The quantitative estimate of drug-likeness (QED) is 0.598. The summed E-state index contributed by atoms with van der Waals surface area (Å²) in [6.45, 7) is 9.11. The maximum Gasteiger partial charge on any atom is 0.410 e. The molecule has 0 bridgehead atoms. The molecule has 4 rings (SSSR count). The van der Waals surface area contributed by atoms with Crippen molar-refractivity contribution in [3.8, 4) is 5.75 Å². The molecule has 0 spiro atoms. The fourth-order valence-electron chi connectivity index (χ4n) is 4.90. The molecule has 38 heavy (non-hydrogen) atoms. The third-order valence-corrected chi connectivity index (χ3v) is 6.66. The Morgan fingerprint density at radius 1 is 1.11 bits per heavy atom. The van der Waals surface area contributed by atoms with Crippen LogP contribution in [0.2, 0.25) is 0 Å². The van der Waals surface area contributed by atoms with Crippen molar-refractivity contribution < 1.29 is 28.6 Å². The van der Waals surface area contributed by atoms with Gasteiger partial charge in [-0.1, -0.05) is 30.3 Å². The lowest BCUT2D eigenvalue weighted by atomic mass is 9.87. The molecule has 1 fully saturated rings. The van der Waals surface area contributed by atoms with E-state index in [0.717, 1.165) is 11.1 Å². The Hall–Kier alpha value is -3.59. The maximum absolute atomic E-state index is 13.2. The van der Waals surface area contributed by atoms with E-state index in [0.29, 0.717) is 49.5 Å². The van der Waals surface area contributed by atoms with Crippen LogP contribution < -0.4 is 15.4 Å². The van der Waals surface area contributed by atoms with Crippen molar-refractivity contribution in [2.75, 3.05) is 33.3 Å². The van der Waals surface area contributed by atoms with Crippen molar-refractivity contribution in [3.05, 3.63) is 64.7 Å². The van der Waals surface area contributed by atoms with Crippen molar-refractivity contribution in [2.24, 2.45) is 0 Å². The molecular weight excluding hydrogens is 486 g/mol. The van der Waals surface area contributed by atoms with E-state index >= 15 is 0 Å². The molecule has 0 radical (unpaired) electrons. The first-order valence-electron chi connectivity index (χ1n) is 13.1. The van der Waals surface area contributed by atoms with Gasteiger partial charge in [0, 0.05) is 37.2 Å². The van der Waals surface area contributed by atoms with Gasteiger partial charge in [0.25, 0.3) is 11.8 Å². The highest BCUT2D eigenvalue weighted by Gasteiger charge is 2.36. The summed E-state index contributed by atoms with van der Waals surface area (Å²) in [6, 6.07) is 13.3. The van der Waals surface area contributed by atoms with E-state index in [-0.39, 0.29) is 36.0 Å². The van der Waals surface area contributed by atoms with Gasteiger partial charge >= 0.3 is 6.09 Å². The van der Waals surface area contributed by atoms with E-state index in [1.54, 1.807) is 18.0 Å². The summed E-state index contributed by atoms with van der Waals surface area (Å²) in [5.41, 5.74) is 2.04. The summed E-state index contributed by atoms with van der Waals surface area (Å²) in [5, 5.41) is 5.59. The standard InChI is InChI=1S/C29H37N3O6/c1-18-24(19-9-7-6-8-10-19)22-15-20(16-23(25(22)37-18)27(34)30-5)26(33)31-12-11-21-17-32(13-14-36-21)28(35)38-29(2,3)4/h6-10,15-16,18,21,24H,11-14,17H2,1-5H3,(H,30,34)(H,31,33)/t18-,21?,24+/m1/s1. The van der Waals surface area contributed by atoms with E-state index < -0.39 is 5.60 Å². The minimum atomic E-state index is -0.565. The first-order valence-corrected chi connectivity index (χ1v) is 13.1. The number of fused-ring (bicyclic) bond motifs is 1. The number of amides is 3. The van der Waals surface area contributed by atoms with Crippen LogP contribution in [0.25, 0.3) is 0 Å². The Morgan fingerprint density at radius 2 is 1.84 bits per heavy atom. The van der Waals surface area contributed by atoms with Gasteiger partial charge < -0.3 is 29.7 Å². The van der Waals surface area contributed by atoms with Gasteiger partial charge in [-0.25, -0.2) is 4.79 Å². The largest absolute Gasteiger partial charge is 0.489 e. The number of nitrogens with one attached hydrogen (secondary N) is 2. The van der Waals surface area contributed by atoms with Gasteiger partial charge in [0.05, 0.1) is 24.8 Å². The van der Waals surface area contributed by atoms with Gasteiger partial charge in [-0.15, -0.1) is 0 Å². The zero-order valence-corrected chi connectivity index (χ0v) is 22.7. The number of nitrogens with zero attached hydrogens (tertiary/aromatic N) is 1. The van der Waals surface area contributed by atoms with E-state index in [2.05, 4.69) is 10.6 Å². The van der Waals surface area contributed by atoms with Crippen molar-refractivity contribution in [2.45, 2.75) is 57.8 Å². The lowest BCUT2D eigenvalue weighted by Gasteiger charge is -2.34. The van der Waals surface area contributed by atoms with Gasteiger partial charge in [0.15, 0.2) is 0 Å². The van der Waals surface area contributed by atoms with Crippen molar-refractivity contribution >= 4 is 17.9 Å². The number of carbonyl (C=O) groups is 3.